The van der Waals surface area contributed by atoms with Crippen molar-refractivity contribution in [1.29, 1.82) is 0 Å². The third-order valence-electron chi connectivity index (χ3n) is 4.56. The third-order valence-corrected chi connectivity index (χ3v) is 5.91. The molecule has 1 aliphatic rings. The molecular weight excluding hydrogens is 408 g/mol. The van der Waals surface area contributed by atoms with Gasteiger partial charge in [0.05, 0.1) is 20.9 Å². The Hall–Kier alpha value is -3.09. The highest BCUT2D eigenvalue weighted by Crippen LogP contribution is 2.39. The van der Waals surface area contributed by atoms with Crippen molar-refractivity contribution in [3.8, 4) is 22.1 Å². The smallest absolute Gasteiger partial charge is 0.255 e. The molecule has 0 unspecified atom stereocenters. The lowest BCUT2D eigenvalue weighted by Gasteiger charge is -2.20. The Bertz CT molecular complexity index is 1200. The van der Waals surface area contributed by atoms with Crippen molar-refractivity contribution in [2.45, 2.75) is 0 Å². The highest BCUT2D eigenvalue weighted by molar-refractivity contribution is 7.21. The van der Waals surface area contributed by atoms with Gasteiger partial charge in [-0.1, -0.05) is 35.9 Å². The first-order chi connectivity index (χ1) is 14.2. The molecule has 0 radical (unpaired) electrons. The Morgan fingerprint density at radius 1 is 1.03 bits per heavy atom. The Balaban J connectivity index is 1.48. The summed E-state index contributed by atoms with van der Waals surface area (Å²) in [6, 6.07) is 18.8. The zero-order chi connectivity index (χ0) is 19.8. The van der Waals surface area contributed by atoms with Gasteiger partial charge in [-0.05, 0) is 36.4 Å². The first-order valence-corrected chi connectivity index (χ1v) is 10.2. The normalized spacial score (nSPS) is 12.7. The van der Waals surface area contributed by atoms with Gasteiger partial charge in [0.1, 0.15) is 18.2 Å². The number of carbonyl (C=O) groups excluding carboxylic acids is 1. The van der Waals surface area contributed by atoms with Crippen LogP contribution in [0.15, 0.2) is 60.7 Å². The molecule has 1 aromatic heterocycles. The number of amides is 1. The summed E-state index contributed by atoms with van der Waals surface area (Å²) in [5.74, 6) is 0.676. The molecule has 0 saturated heterocycles. The molecule has 5 rings (SSSR count). The number of fused-ring (bicyclic) bond motifs is 2. The molecule has 1 N–H and O–H groups in total. The van der Waals surface area contributed by atoms with Gasteiger partial charge in [0, 0.05) is 11.1 Å². The van der Waals surface area contributed by atoms with Crippen molar-refractivity contribution in [2.75, 3.05) is 18.5 Å². The molecular formula is C22H15ClN2O3S. The lowest BCUT2D eigenvalue weighted by atomic mass is 10.1. The minimum atomic E-state index is -0.280. The summed E-state index contributed by atoms with van der Waals surface area (Å²) < 4.78 is 12.2. The second-order valence-electron chi connectivity index (χ2n) is 6.47. The molecule has 0 fully saturated rings. The maximum Gasteiger partial charge on any atom is 0.255 e. The molecule has 0 saturated carbocycles. The summed E-state index contributed by atoms with van der Waals surface area (Å²) in [4.78, 5) is 17.6. The fourth-order valence-electron chi connectivity index (χ4n) is 3.20. The van der Waals surface area contributed by atoms with Crippen LogP contribution in [0.1, 0.15) is 10.4 Å². The van der Waals surface area contributed by atoms with Crippen molar-refractivity contribution in [2.24, 2.45) is 0 Å². The average molecular weight is 423 g/mol. The Morgan fingerprint density at radius 2 is 1.83 bits per heavy atom. The summed E-state index contributed by atoms with van der Waals surface area (Å²) >= 11 is 7.86. The maximum atomic E-state index is 12.9. The summed E-state index contributed by atoms with van der Waals surface area (Å²) in [5, 5.41) is 4.18. The van der Waals surface area contributed by atoms with Crippen molar-refractivity contribution < 1.29 is 14.3 Å². The summed E-state index contributed by atoms with van der Waals surface area (Å²) in [7, 11) is 0. The average Bonchev–Trinajstić information content (AvgIpc) is 3.18. The van der Waals surface area contributed by atoms with Crippen molar-refractivity contribution in [1.82, 2.24) is 4.98 Å². The Kier molecular flexibility index (Phi) is 4.58. The number of para-hydroxylation sites is 2. The minimum absolute atomic E-state index is 0.280. The van der Waals surface area contributed by atoms with Crippen LogP contribution in [0.4, 0.5) is 5.69 Å². The molecule has 1 amide bonds. The molecule has 29 heavy (non-hydrogen) atoms. The van der Waals surface area contributed by atoms with Crippen molar-refractivity contribution in [3.63, 3.8) is 0 Å². The van der Waals surface area contributed by atoms with Crippen molar-refractivity contribution in [3.05, 3.63) is 71.2 Å². The number of aromatic nitrogens is 1. The SMILES string of the molecule is O=C(Nc1ccccc1-c1nc2ccccc2s1)c1cc(Cl)c2c(c1)OCCO2. The topological polar surface area (TPSA) is 60.5 Å². The zero-order valence-corrected chi connectivity index (χ0v) is 16.7. The lowest BCUT2D eigenvalue weighted by Crippen LogP contribution is -2.18. The van der Waals surface area contributed by atoms with Gasteiger partial charge >= 0.3 is 0 Å². The molecule has 7 heteroatoms. The molecule has 144 valence electrons. The minimum Gasteiger partial charge on any atom is -0.486 e. The van der Waals surface area contributed by atoms with Gasteiger partial charge < -0.3 is 14.8 Å². The van der Waals surface area contributed by atoms with Gasteiger partial charge in [-0.15, -0.1) is 11.3 Å². The molecule has 0 aliphatic carbocycles. The summed E-state index contributed by atoms with van der Waals surface area (Å²) in [6.07, 6.45) is 0. The van der Waals surface area contributed by atoms with Gasteiger partial charge in [-0.25, -0.2) is 4.98 Å². The van der Waals surface area contributed by atoms with Gasteiger partial charge in [0.15, 0.2) is 11.5 Å². The number of ether oxygens (including phenoxy) is 2. The van der Waals surface area contributed by atoms with Crippen LogP contribution in [0.25, 0.3) is 20.8 Å². The van der Waals surface area contributed by atoms with Gasteiger partial charge in [0.25, 0.3) is 5.91 Å². The largest absolute Gasteiger partial charge is 0.486 e. The summed E-state index contributed by atoms with van der Waals surface area (Å²) in [6.45, 7) is 0.864. The number of anilines is 1. The number of halogens is 1. The standard InChI is InChI=1S/C22H15ClN2O3S/c23-15-11-13(12-18-20(15)28-10-9-27-18)21(26)24-16-6-2-1-5-14(16)22-25-17-7-3-4-8-19(17)29-22/h1-8,11-12H,9-10H2,(H,24,26). The number of nitrogens with zero attached hydrogens (tertiary/aromatic N) is 1. The number of nitrogens with one attached hydrogen (secondary N) is 1. The van der Waals surface area contributed by atoms with E-state index in [1.165, 1.54) is 0 Å². The van der Waals surface area contributed by atoms with E-state index in [1.807, 2.05) is 48.5 Å². The van der Waals surface area contributed by atoms with Crippen LogP contribution in [-0.4, -0.2) is 24.1 Å². The molecule has 0 atom stereocenters. The number of benzene rings is 3. The monoisotopic (exact) mass is 422 g/mol. The molecule has 0 spiro atoms. The van der Waals surface area contributed by atoms with E-state index in [-0.39, 0.29) is 5.91 Å². The highest BCUT2D eigenvalue weighted by Gasteiger charge is 2.20. The number of hydrogen-bond donors (Lipinski definition) is 1. The fourth-order valence-corrected chi connectivity index (χ4v) is 4.47. The number of thiazole rings is 1. The van der Waals surface area contributed by atoms with Gasteiger partial charge in [0.2, 0.25) is 0 Å². The van der Waals surface area contributed by atoms with Gasteiger partial charge in [-0.3, -0.25) is 4.79 Å². The van der Waals surface area contributed by atoms with Crippen LogP contribution in [0.3, 0.4) is 0 Å². The molecule has 1 aliphatic heterocycles. The predicted molar refractivity (Wildman–Crippen MR) is 115 cm³/mol. The van der Waals surface area contributed by atoms with E-state index < -0.39 is 0 Å². The van der Waals surface area contributed by atoms with Gasteiger partial charge in [-0.2, -0.15) is 0 Å². The van der Waals surface area contributed by atoms with E-state index in [9.17, 15) is 4.79 Å². The second-order valence-corrected chi connectivity index (χ2v) is 7.91. The van der Waals surface area contributed by atoms with Crippen LogP contribution in [0.2, 0.25) is 5.02 Å². The van der Waals surface area contributed by atoms with Crippen LogP contribution in [0.5, 0.6) is 11.5 Å². The molecule has 5 nitrogen and oxygen atoms in total. The second kappa shape index (κ2) is 7.39. The third kappa shape index (κ3) is 3.41. The Labute approximate surface area is 175 Å². The summed E-state index contributed by atoms with van der Waals surface area (Å²) in [5.41, 5.74) is 2.89. The van der Waals surface area contributed by atoms with Crippen molar-refractivity contribution >= 4 is 44.7 Å². The Morgan fingerprint density at radius 3 is 2.72 bits per heavy atom. The lowest BCUT2D eigenvalue weighted by molar-refractivity contribution is 0.102. The van der Waals surface area contributed by atoms with Crippen LogP contribution in [-0.2, 0) is 0 Å². The van der Waals surface area contributed by atoms with E-state index >= 15 is 0 Å². The van der Waals surface area contributed by atoms with E-state index in [2.05, 4.69) is 5.32 Å². The van der Waals surface area contributed by atoms with Crippen LogP contribution >= 0.6 is 22.9 Å². The van der Waals surface area contributed by atoms with E-state index in [4.69, 9.17) is 26.1 Å². The quantitative estimate of drug-likeness (QED) is 0.464. The molecule has 4 aromatic rings. The first-order valence-electron chi connectivity index (χ1n) is 9.04. The molecule has 3 aromatic carbocycles. The van der Waals surface area contributed by atoms with E-state index in [0.717, 1.165) is 20.8 Å². The fraction of sp³-hybridized carbons (Fsp3) is 0.0909. The number of hydrogen-bond acceptors (Lipinski definition) is 5. The molecule has 2 heterocycles. The predicted octanol–water partition coefficient (Wildman–Crippen LogP) is 5.64. The molecule has 0 bridgehead atoms. The van der Waals surface area contributed by atoms with Crippen LogP contribution in [0, 0.1) is 0 Å². The highest BCUT2D eigenvalue weighted by atomic mass is 35.5. The number of carbonyl (C=O) groups is 1. The first kappa shape index (κ1) is 18.0. The zero-order valence-electron chi connectivity index (χ0n) is 15.1. The van der Waals surface area contributed by atoms with E-state index in [1.54, 1.807) is 23.5 Å². The van der Waals surface area contributed by atoms with E-state index in [0.29, 0.717) is 41.0 Å². The maximum absolute atomic E-state index is 12.9. The van der Waals surface area contributed by atoms with Crippen LogP contribution < -0.4 is 14.8 Å². The number of rotatable bonds is 3.